The molecular formula is C15H17N3O5S. The maximum absolute atomic E-state index is 12.0. The Morgan fingerprint density at radius 2 is 2.08 bits per heavy atom. The number of esters is 1. The second-order valence-corrected chi connectivity index (χ2v) is 6.26. The van der Waals surface area contributed by atoms with Crippen molar-refractivity contribution in [1.29, 1.82) is 0 Å². The predicted octanol–water partition coefficient (Wildman–Crippen LogP) is 1.44. The molecule has 0 aromatic carbocycles. The summed E-state index contributed by atoms with van der Waals surface area (Å²) < 4.78 is 6.01. The van der Waals surface area contributed by atoms with E-state index in [1.807, 2.05) is 0 Å². The lowest BCUT2D eigenvalue weighted by molar-refractivity contribution is -0.116. The van der Waals surface area contributed by atoms with Crippen LogP contribution in [0.3, 0.4) is 0 Å². The van der Waals surface area contributed by atoms with Crippen LogP contribution in [0.15, 0.2) is 16.9 Å². The number of anilines is 1. The molecule has 2 aromatic heterocycles. The summed E-state index contributed by atoms with van der Waals surface area (Å²) in [6, 6.07) is 2.55. The molecule has 0 saturated heterocycles. The van der Waals surface area contributed by atoms with Gasteiger partial charge in [0.1, 0.15) is 5.75 Å². The number of amides is 1. The van der Waals surface area contributed by atoms with Gasteiger partial charge in [-0.3, -0.25) is 9.59 Å². The van der Waals surface area contributed by atoms with Crippen molar-refractivity contribution in [3.63, 3.8) is 0 Å². The van der Waals surface area contributed by atoms with Crippen LogP contribution in [0.4, 0.5) is 5.13 Å². The van der Waals surface area contributed by atoms with Gasteiger partial charge in [-0.05, 0) is 19.9 Å². The Balaban J connectivity index is 2.02. The van der Waals surface area contributed by atoms with Gasteiger partial charge >= 0.3 is 5.97 Å². The number of carbonyl (C=O) groups is 2. The summed E-state index contributed by atoms with van der Waals surface area (Å²) in [7, 11) is 1.26. The van der Waals surface area contributed by atoms with E-state index >= 15 is 0 Å². The quantitative estimate of drug-likeness (QED) is 0.789. The van der Waals surface area contributed by atoms with E-state index in [1.165, 1.54) is 29.1 Å². The molecule has 0 spiro atoms. The first kappa shape index (κ1) is 17.7. The van der Waals surface area contributed by atoms with E-state index in [0.717, 1.165) is 6.07 Å². The number of aromatic hydroxyl groups is 1. The third kappa shape index (κ3) is 3.99. The fraction of sp³-hybridized carbons (Fsp3) is 0.333. The fourth-order valence-corrected chi connectivity index (χ4v) is 2.95. The highest BCUT2D eigenvalue weighted by atomic mass is 32.1. The Labute approximate surface area is 141 Å². The zero-order valence-electron chi connectivity index (χ0n) is 13.5. The van der Waals surface area contributed by atoms with Gasteiger partial charge in [-0.25, -0.2) is 9.78 Å². The van der Waals surface area contributed by atoms with E-state index in [9.17, 15) is 19.5 Å². The third-order valence-corrected chi connectivity index (χ3v) is 4.19. The molecule has 0 aliphatic heterocycles. The number of nitrogens with zero attached hydrogens (tertiary/aromatic N) is 2. The molecule has 0 radical (unpaired) electrons. The number of thiazole rings is 1. The minimum atomic E-state index is -0.560. The van der Waals surface area contributed by atoms with E-state index in [0.29, 0.717) is 15.7 Å². The van der Waals surface area contributed by atoms with Crippen molar-refractivity contribution in [3.8, 4) is 5.75 Å². The van der Waals surface area contributed by atoms with Gasteiger partial charge < -0.3 is 19.7 Å². The zero-order valence-corrected chi connectivity index (χ0v) is 14.3. The summed E-state index contributed by atoms with van der Waals surface area (Å²) in [5.74, 6) is -0.998. The van der Waals surface area contributed by atoms with Gasteiger partial charge in [0.25, 0.3) is 5.56 Å². The number of carbonyl (C=O) groups excluding carboxylic acids is 2. The van der Waals surface area contributed by atoms with E-state index in [1.54, 1.807) is 13.8 Å². The Hall–Kier alpha value is -2.68. The van der Waals surface area contributed by atoms with Crippen molar-refractivity contribution in [1.82, 2.24) is 9.55 Å². The molecule has 2 aromatic rings. The van der Waals surface area contributed by atoms with Crippen LogP contribution < -0.4 is 10.9 Å². The molecule has 0 aliphatic rings. The number of hydrogen-bond acceptors (Lipinski definition) is 7. The van der Waals surface area contributed by atoms with Crippen molar-refractivity contribution in [2.75, 3.05) is 12.4 Å². The summed E-state index contributed by atoms with van der Waals surface area (Å²) >= 11 is 1.17. The van der Waals surface area contributed by atoms with Gasteiger partial charge in [0.15, 0.2) is 10.8 Å². The molecule has 2 heterocycles. The van der Waals surface area contributed by atoms with Gasteiger partial charge in [0, 0.05) is 29.6 Å². The first-order valence-electron chi connectivity index (χ1n) is 7.08. The van der Waals surface area contributed by atoms with Crippen LogP contribution in [0.5, 0.6) is 5.75 Å². The number of hydrogen-bond donors (Lipinski definition) is 2. The molecule has 24 heavy (non-hydrogen) atoms. The average molecular weight is 351 g/mol. The first-order chi connectivity index (χ1) is 11.3. The lowest BCUT2D eigenvalue weighted by Crippen LogP contribution is -2.24. The van der Waals surface area contributed by atoms with Crippen LogP contribution in [0.25, 0.3) is 0 Å². The van der Waals surface area contributed by atoms with E-state index in [2.05, 4.69) is 15.0 Å². The number of pyridine rings is 1. The maximum atomic E-state index is 12.0. The standard InChI is InChI=1S/C15H17N3O5S/c1-8-6-10(19)7-12(21)18(8)5-4-11(20)16-15-17-13(9(2)24-15)14(22)23-3/h6-7,19H,4-5H2,1-3H3,(H,16,17,20). The number of ether oxygens (including phenoxy) is 1. The van der Waals surface area contributed by atoms with Crippen LogP contribution in [-0.4, -0.2) is 33.6 Å². The van der Waals surface area contributed by atoms with Gasteiger partial charge in [0.05, 0.1) is 7.11 Å². The van der Waals surface area contributed by atoms with Gasteiger partial charge in [0.2, 0.25) is 5.91 Å². The van der Waals surface area contributed by atoms with Crippen molar-refractivity contribution in [2.45, 2.75) is 26.8 Å². The van der Waals surface area contributed by atoms with E-state index < -0.39 is 5.97 Å². The number of rotatable bonds is 5. The molecule has 0 fully saturated rings. The Morgan fingerprint density at radius 1 is 1.38 bits per heavy atom. The SMILES string of the molecule is COC(=O)c1nc(NC(=O)CCn2c(C)cc(O)cc2=O)sc1C. The Bertz CT molecular complexity index is 840. The average Bonchev–Trinajstić information content (AvgIpc) is 2.85. The lowest BCUT2D eigenvalue weighted by Gasteiger charge is -2.09. The largest absolute Gasteiger partial charge is 0.508 e. The topological polar surface area (TPSA) is 111 Å². The molecule has 8 nitrogen and oxygen atoms in total. The van der Waals surface area contributed by atoms with Crippen molar-refractivity contribution < 1.29 is 19.4 Å². The molecule has 2 N–H and O–H groups in total. The number of methoxy groups -OCH3 is 1. The van der Waals surface area contributed by atoms with Crippen molar-refractivity contribution >= 4 is 28.3 Å². The second-order valence-electron chi connectivity index (χ2n) is 5.06. The first-order valence-corrected chi connectivity index (χ1v) is 7.89. The molecule has 0 unspecified atom stereocenters. The Morgan fingerprint density at radius 3 is 2.71 bits per heavy atom. The minimum Gasteiger partial charge on any atom is -0.508 e. The summed E-state index contributed by atoms with van der Waals surface area (Å²) in [5.41, 5.74) is 0.354. The van der Waals surface area contributed by atoms with Crippen LogP contribution in [-0.2, 0) is 16.1 Å². The zero-order chi connectivity index (χ0) is 17.9. The van der Waals surface area contributed by atoms with Crippen LogP contribution in [0.1, 0.15) is 27.5 Å². The summed E-state index contributed by atoms with van der Waals surface area (Å²) in [6.07, 6.45) is 0.0533. The molecule has 9 heteroatoms. The van der Waals surface area contributed by atoms with Crippen molar-refractivity contribution in [3.05, 3.63) is 38.8 Å². The minimum absolute atomic E-state index is 0.0533. The number of aryl methyl sites for hydroxylation is 2. The molecule has 2 rings (SSSR count). The normalized spacial score (nSPS) is 10.5. The van der Waals surface area contributed by atoms with Gasteiger partial charge in [-0.2, -0.15) is 0 Å². The predicted molar refractivity (Wildman–Crippen MR) is 88.5 cm³/mol. The molecule has 1 amide bonds. The van der Waals surface area contributed by atoms with Gasteiger partial charge in [-0.15, -0.1) is 11.3 Å². The molecule has 0 atom stereocenters. The molecule has 128 valence electrons. The van der Waals surface area contributed by atoms with E-state index in [-0.39, 0.29) is 35.9 Å². The maximum Gasteiger partial charge on any atom is 0.357 e. The van der Waals surface area contributed by atoms with Crippen molar-refractivity contribution in [2.24, 2.45) is 0 Å². The Kier molecular flexibility index (Phi) is 5.35. The molecule has 0 aliphatic carbocycles. The van der Waals surface area contributed by atoms with Crippen LogP contribution in [0, 0.1) is 13.8 Å². The summed E-state index contributed by atoms with van der Waals surface area (Å²) in [4.78, 5) is 40.0. The molecular weight excluding hydrogens is 334 g/mol. The lowest BCUT2D eigenvalue weighted by atomic mass is 10.3. The molecule has 0 bridgehead atoms. The smallest absolute Gasteiger partial charge is 0.357 e. The summed E-state index contributed by atoms with van der Waals surface area (Å²) in [5, 5.41) is 12.2. The summed E-state index contributed by atoms with van der Waals surface area (Å²) in [6.45, 7) is 3.55. The number of aromatic nitrogens is 2. The third-order valence-electron chi connectivity index (χ3n) is 3.30. The van der Waals surface area contributed by atoms with E-state index in [4.69, 9.17) is 0 Å². The van der Waals surface area contributed by atoms with Gasteiger partial charge in [-0.1, -0.05) is 0 Å². The molecule has 0 saturated carbocycles. The number of nitrogens with one attached hydrogen (secondary N) is 1. The van der Waals surface area contributed by atoms with Crippen LogP contribution >= 0.6 is 11.3 Å². The highest BCUT2D eigenvalue weighted by Crippen LogP contribution is 2.22. The monoisotopic (exact) mass is 351 g/mol. The second kappa shape index (κ2) is 7.26. The highest BCUT2D eigenvalue weighted by Gasteiger charge is 2.17. The van der Waals surface area contributed by atoms with Crippen LogP contribution in [0.2, 0.25) is 0 Å². The fourth-order valence-electron chi connectivity index (χ4n) is 2.13. The highest BCUT2D eigenvalue weighted by molar-refractivity contribution is 7.16.